The average Bonchev–Trinajstić information content (AvgIpc) is 2.77. The number of ether oxygens (including phenoxy) is 1. The molecule has 2 aromatic carbocycles. The van der Waals surface area contributed by atoms with Crippen LogP contribution in [0.1, 0.15) is 16.7 Å². The summed E-state index contributed by atoms with van der Waals surface area (Å²) >= 11 is 0. The number of amides is 1. The summed E-state index contributed by atoms with van der Waals surface area (Å²) in [5.74, 6) is 0.506. The van der Waals surface area contributed by atoms with Gasteiger partial charge in [0.2, 0.25) is 5.91 Å². The third-order valence-corrected chi connectivity index (χ3v) is 5.30. The number of nitriles is 1. The third-order valence-electron chi connectivity index (χ3n) is 5.30. The maximum absolute atomic E-state index is 13.3. The SMILES string of the molecule is COc1cccc(CC(=O)N2CCN(c3ccc(C#N)c(C(F)(F)F)c3)C(CO)C2)c1. The molecule has 1 aliphatic rings. The first-order valence-corrected chi connectivity index (χ1v) is 9.66. The maximum atomic E-state index is 13.3. The molecule has 1 atom stereocenters. The van der Waals surface area contributed by atoms with Crippen LogP contribution in [0.3, 0.4) is 0 Å². The van der Waals surface area contributed by atoms with E-state index in [9.17, 15) is 23.1 Å². The van der Waals surface area contributed by atoms with Gasteiger partial charge in [-0.05, 0) is 35.9 Å². The van der Waals surface area contributed by atoms with E-state index in [0.717, 1.165) is 17.7 Å². The second-order valence-electron chi connectivity index (χ2n) is 7.24. The van der Waals surface area contributed by atoms with E-state index in [0.29, 0.717) is 12.3 Å². The van der Waals surface area contributed by atoms with E-state index >= 15 is 0 Å². The van der Waals surface area contributed by atoms with Crippen molar-refractivity contribution < 1.29 is 27.8 Å². The van der Waals surface area contributed by atoms with Crippen molar-refractivity contribution in [1.82, 2.24) is 4.90 Å². The van der Waals surface area contributed by atoms with Crippen molar-refractivity contribution in [3.63, 3.8) is 0 Å². The number of aliphatic hydroxyl groups excluding tert-OH is 1. The van der Waals surface area contributed by atoms with Crippen LogP contribution < -0.4 is 9.64 Å². The number of hydrogen-bond donors (Lipinski definition) is 1. The first-order chi connectivity index (χ1) is 14.8. The molecule has 31 heavy (non-hydrogen) atoms. The Morgan fingerprint density at radius 1 is 1.26 bits per heavy atom. The van der Waals surface area contributed by atoms with Gasteiger partial charge < -0.3 is 19.6 Å². The fourth-order valence-electron chi connectivity index (χ4n) is 3.69. The van der Waals surface area contributed by atoms with Gasteiger partial charge in [-0.1, -0.05) is 12.1 Å². The van der Waals surface area contributed by atoms with E-state index in [2.05, 4.69) is 0 Å². The van der Waals surface area contributed by atoms with Gasteiger partial charge in [-0.3, -0.25) is 4.79 Å². The summed E-state index contributed by atoms with van der Waals surface area (Å²) in [6.07, 6.45) is -4.51. The van der Waals surface area contributed by atoms with Gasteiger partial charge in [0.15, 0.2) is 0 Å². The van der Waals surface area contributed by atoms with Crippen LogP contribution in [0.4, 0.5) is 18.9 Å². The summed E-state index contributed by atoms with van der Waals surface area (Å²) in [7, 11) is 1.54. The number of hydrogen-bond acceptors (Lipinski definition) is 5. The fraction of sp³-hybridized carbons (Fsp3) is 0.364. The lowest BCUT2D eigenvalue weighted by molar-refractivity contribution is -0.137. The van der Waals surface area contributed by atoms with Crippen molar-refractivity contribution in [2.45, 2.75) is 18.6 Å². The Morgan fingerprint density at radius 2 is 2.03 bits per heavy atom. The number of piperazine rings is 1. The number of alkyl halides is 3. The monoisotopic (exact) mass is 433 g/mol. The minimum atomic E-state index is -4.66. The molecule has 2 aromatic rings. The molecular formula is C22H22F3N3O3. The number of benzene rings is 2. The summed E-state index contributed by atoms with van der Waals surface area (Å²) in [4.78, 5) is 16.0. The first kappa shape index (κ1) is 22.4. The Hall–Kier alpha value is -3.25. The Kier molecular flexibility index (Phi) is 6.71. The molecule has 0 spiro atoms. The van der Waals surface area contributed by atoms with Crippen molar-refractivity contribution in [2.75, 3.05) is 38.3 Å². The second kappa shape index (κ2) is 9.27. The number of methoxy groups -OCH3 is 1. The van der Waals surface area contributed by atoms with Crippen molar-refractivity contribution in [3.8, 4) is 11.8 Å². The molecule has 9 heteroatoms. The normalized spacial score (nSPS) is 16.7. The highest BCUT2D eigenvalue weighted by Crippen LogP contribution is 2.35. The highest BCUT2D eigenvalue weighted by molar-refractivity contribution is 5.79. The lowest BCUT2D eigenvalue weighted by Crippen LogP contribution is -2.56. The summed E-state index contributed by atoms with van der Waals surface area (Å²) in [5.41, 5.74) is -0.427. The second-order valence-corrected chi connectivity index (χ2v) is 7.24. The molecule has 1 N–H and O–H groups in total. The molecule has 0 aliphatic carbocycles. The third kappa shape index (κ3) is 5.09. The molecule has 0 radical (unpaired) electrons. The van der Waals surface area contributed by atoms with Gasteiger partial charge in [-0.15, -0.1) is 0 Å². The molecule has 0 saturated carbocycles. The largest absolute Gasteiger partial charge is 0.497 e. The summed E-state index contributed by atoms with van der Waals surface area (Å²) in [5, 5.41) is 18.8. The Morgan fingerprint density at radius 3 is 2.68 bits per heavy atom. The van der Waals surface area contributed by atoms with Crippen molar-refractivity contribution in [3.05, 3.63) is 59.2 Å². The van der Waals surface area contributed by atoms with Crippen LogP contribution in [0.25, 0.3) is 0 Å². The summed E-state index contributed by atoms with van der Waals surface area (Å²) in [6.45, 7) is 0.421. The Balaban J connectivity index is 1.75. The van der Waals surface area contributed by atoms with Crippen LogP contribution in [0.2, 0.25) is 0 Å². The minimum absolute atomic E-state index is 0.137. The highest BCUT2D eigenvalue weighted by atomic mass is 19.4. The Labute approximate surface area is 178 Å². The molecule has 164 valence electrons. The average molecular weight is 433 g/mol. The molecule has 1 heterocycles. The molecule has 1 saturated heterocycles. The topological polar surface area (TPSA) is 76.8 Å². The molecule has 0 aromatic heterocycles. The zero-order chi connectivity index (χ0) is 22.6. The number of anilines is 1. The molecule has 1 unspecified atom stereocenters. The van der Waals surface area contributed by atoms with E-state index < -0.39 is 23.3 Å². The molecule has 3 rings (SSSR count). The fourth-order valence-corrected chi connectivity index (χ4v) is 3.69. The predicted octanol–water partition coefficient (Wildman–Crippen LogP) is 2.84. The van der Waals surface area contributed by atoms with Crippen LogP contribution >= 0.6 is 0 Å². The van der Waals surface area contributed by atoms with Crippen molar-refractivity contribution >= 4 is 11.6 Å². The van der Waals surface area contributed by atoms with Gasteiger partial charge in [0.25, 0.3) is 0 Å². The maximum Gasteiger partial charge on any atom is 0.417 e. The zero-order valence-electron chi connectivity index (χ0n) is 16.9. The predicted molar refractivity (Wildman–Crippen MR) is 108 cm³/mol. The number of carbonyl (C=O) groups is 1. The molecular weight excluding hydrogens is 411 g/mol. The number of rotatable bonds is 5. The van der Waals surface area contributed by atoms with Crippen LogP contribution in [0.5, 0.6) is 5.75 Å². The smallest absolute Gasteiger partial charge is 0.417 e. The van der Waals surface area contributed by atoms with E-state index in [1.165, 1.54) is 6.07 Å². The van der Waals surface area contributed by atoms with E-state index in [-0.39, 0.29) is 37.7 Å². The van der Waals surface area contributed by atoms with Crippen LogP contribution in [-0.2, 0) is 17.4 Å². The lowest BCUT2D eigenvalue weighted by Gasteiger charge is -2.42. The molecule has 1 fully saturated rings. The number of carbonyl (C=O) groups excluding carboxylic acids is 1. The van der Waals surface area contributed by atoms with Crippen LogP contribution in [0.15, 0.2) is 42.5 Å². The van der Waals surface area contributed by atoms with Crippen LogP contribution in [-0.4, -0.2) is 55.3 Å². The van der Waals surface area contributed by atoms with Gasteiger partial charge in [-0.2, -0.15) is 18.4 Å². The standard InChI is InChI=1S/C22H22F3N3O3/c1-31-19-4-2-3-15(9-19)10-21(30)27-7-8-28(18(13-27)14-29)17-6-5-16(12-26)20(11-17)22(23,24)25/h2-6,9,11,18,29H,7-8,10,13-14H2,1H3. The van der Waals surface area contributed by atoms with Gasteiger partial charge in [-0.25, -0.2) is 0 Å². The van der Waals surface area contributed by atoms with E-state index in [1.54, 1.807) is 41.2 Å². The van der Waals surface area contributed by atoms with Gasteiger partial charge in [0, 0.05) is 25.3 Å². The van der Waals surface area contributed by atoms with Crippen LogP contribution in [0, 0.1) is 11.3 Å². The molecule has 0 bridgehead atoms. The number of halogens is 3. The van der Waals surface area contributed by atoms with E-state index in [4.69, 9.17) is 10.00 Å². The highest BCUT2D eigenvalue weighted by Gasteiger charge is 2.36. The van der Waals surface area contributed by atoms with E-state index in [1.807, 2.05) is 6.07 Å². The minimum Gasteiger partial charge on any atom is -0.497 e. The Bertz CT molecular complexity index is 988. The summed E-state index contributed by atoms with van der Waals surface area (Å²) in [6, 6.07) is 11.7. The number of aliphatic hydroxyl groups is 1. The first-order valence-electron chi connectivity index (χ1n) is 9.66. The lowest BCUT2D eigenvalue weighted by atomic mass is 10.0. The van der Waals surface area contributed by atoms with Crippen molar-refractivity contribution in [1.29, 1.82) is 5.26 Å². The number of nitrogens with zero attached hydrogens (tertiary/aromatic N) is 3. The summed E-state index contributed by atoms with van der Waals surface area (Å²) < 4.78 is 45.1. The quantitative estimate of drug-likeness (QED) is 0.785. The van der Waals surface area contributed by atoms with Gasteiger partial charge in [0.1, 0.15) is 5.75 Å². The van der Waals surface area contributed by atoms with Crippen molar-refractivity contribution in [2.24, 2.45) is 0 Å². The molecule has 1 aliphatic heterocycles. The zero-order valence-corrected chi connectivity index (χ0v) is 16.9. The van der Waals surface area contributed by atoms with Gasteiger partial charge in [0.05, 0.1) is 43.4 Å². The van der Waals surface area contributed by atoms with Gasteiger partial charge >= 0.3 is 6.18 Å². The molecule has 6 nitrogen and oxygen atoms in total. The molecule has 1 amide bonds.